The number of hydrogen-bond donors (Lipinski definition) is 1. The summed E-state index contributed by atoms with van der Waals surface area (Å²) in [5.41, 5.74) is 0.510. The fraction of sp³-hybridized carbons (Fsp3) is 0.769. The van der Waals surface area contributed by atoms with Crippen LogP contribution in [0.25, 0.3) is 0 Å². The van der Waals surface area contributed by atoms with Gasteiger partial charge >= 0.3 is 5.69 Å². The summed E-state index contributed by atoms with van der Waals surface area (Å²) in [7, 11) is 1.73. The summed E-state index contributed by atoms with van der Waals surface area (Å²) in [5.74, 6) is 1.51. The molecule has 1 saturated heterocycles. The molecule has 1 aromatic heterocycles. The Hall–Kier alpha value is -1.28. The number of nitro groups is 1. The Morgan fingerprint density at radius 1 is 1.52 bits per heavy atom. The lowest BCUT2D eigenvalue weighted by atomic mass is 9.99. The summed E-state index contributed by atoms with van der Waals surface area (Å²) in [4.78, 5) is 10.8. The predicted octanol–water partition coefficient (Wildman–Crippen LogP) is 2.35. The van der Waals surface area contributed by atoms with Crippen molar-refractivity contribution in [1.82, 2.24) is 9.78 Å². The number of ether oxygens (including phenoxy) is 1. The van der Waals surface area contributed by atoms with Gasteiger partial charge < -0.3 is 10.1 Å². The number of aryl methyl sites for hydroxylation is 2. The zero-order valence-electron chi connectivity index (χ0n) is 12.7. The monoisotopic (exact) mass is 314 g/mol. The van der Waals surface area contributed by atoms with E-state index in [2.05, 4.69) is 17.3 Å². The lowest BCUT2D eigenvalue weighted by Gasteiger charge is -2.36. The number of thioether (sulfide) groups is 1. The van der Waals surface area contributed by atoms with Crippen LogP contribution in [-0.2, 0) is 11.8 Å². The molecule has 1 fully saturated rings. The molecule has 0 amide bonds. The third-order valence-electron chi connectivity index (χ3n) is 3.81. The fourth-order valence-electron chi connectivity index (χ4n) is 2.73. The fourth-order valence-corrected chi connectivity index (χ4v) is 3.97. The van der Waals surface area contributed by atoms with Crippen molar-refractivity contribution in [2.45, 2.75) is 31.4 Å². The van der Waals surface area contributed by atoms with E-state index in [0.717, 1.165) is 31.8 Å². The molecule has 2 heterocycles. The summed E-state index contributed by atoms with van der Waals surface area (Å²) in [6.07, 6.45) is 1.92. The van der Waals surface area contributed by atoms with Gasteiger partial charge in [-0.1, -0.05) is 6.92 Å². The van der Waals surface area contributed by atoms with Gasteiger partial charge in [0.2, 0.25) is 5.82 Å². The standard InChI is InChI=1S/C13H22N4O3S/c1-4-21-13(5-7-20-8-6-13)9-14-12-11(17(18)19)10(2)15-16(12)3/h14H,4-9H2,1-3H3. The average molecular weight is 314 g/mol. The molecule has 2 rings (SSSR count). The van der Waals surface area contributed by atoms with Gasteiger partial charge in [-0.2, -0.15) is 16.9 Å². The van der Waals surface area contributed by atoms with Crippen molar-refractivity contribution in [2.75, 3.05) is 30.8 Å². The van der Waals surface area contributed by atoms with E-state index in [0.29, 0.717) is 18.1 Å². The molecular formula is C13H22N4O3S. The highest BCUT2D eigenvalue weighted by molar-refractivity contribution is 8.00. The summed E-state index contributed by atoms with van der Waals surface area (Å²) in [6, 6.07) is 0. The molecular weight excluding hydrogens is 292 g/mol. The van der Waals surface area contributed by atoms with Crippen LogP contribution in [0.15, 0.2) is 0 Å². The second-order valence-electron chi connectivity index (χ2n) is 5.25. The molecule has 0 saturated carbocycles. The average Bonchev–Trinajstić information content (AvgIpc) is 2.72. The van der Waals surface area contributed by atoms with E-state index in [-0.39, 0.29) is 15.4 Å². The van der Waals surface area contributed by atoms with Crippen LogP contribution in [0, 0.1) is 17.0 Å². The van der Waals surface area contributed by atoms with Gasteiger partial charge in [0.05, 0.1) is 4.92 Å². The van der Waals surface area contributed by atoms with E-state index < -0.39 is 0 Å². The van der Waals surface area contributed by atoms with Crippen LogP contribution >= 0.6 is 11.8 Å². The molecule has 7 nitrogen and oxygen atoms in total. The molecule has 1 aliphatic heterocycles. The third kappa shape index (κ3) is 3.49. The maximum atomic E-state index is 11.2. The predicted molar refractivity (Wildman–Crippen MR) is 84.0 cm³/mol. The molecule has 0 unspecified atom stereocenters. The van der Waals surface area contributed by atoms with Gasteiger partial charge in [-0.05, 0) is 25.5 Å². The summed E-state index contributed by atoms with van der Waals surface area (Å²) >= 11 is 1.90. The summed E-state index contributed by atoms with van der Waals surface area (Å²) < 4.78 is 7.08. The van der Waals surface area contributed by atoms with Crippen molar-refractivity contribution in [3.8, 4) is 0 Å². The molecule has 21 heavy (non-hydrogen) atoms. The first-order valence-corrected chi connectivity index (χ1v) is 8.11. The number of nitrogens with one attached hydrogen (secondary N) is 1. The van der Waals surface area contributed by atoms with Gasteiger partial charge in [0.1, 0.15) is 5.69 Å². The second kappa shape index (κ2) is 6.65. The topological polar surface area (TPSA) is 82.2 Å². The first-order valence-electron chi connectivity index (χ1n) is 7.12. The first kappa shape index (κ1) is 16.1. The SMILES string of the molecule is CCSC1(CNc2c([N+](=O)[O-])c(C)nn2C)CCOCC1. The molecule has 1 aliphatic rings. The Morgan fingerprint density at radius 3 is 2.76 bits per heavy atom. The number of rotatable bonds is 6. The maximum absolute atomic E-state index is 11.2. The Bertz CT molecular complexity index is 506. The minimum atomic E-state index is -0.367. The van der Waals surface area contributed by atoms with Gasteiger partial charge in [-0.3, -0.25) is 10.1 Å². The van der Waals surface area contributed by atoms with E-state index in [9.17, 15) is 10.1 Å². The Labute approximate surface area is 128 Å². The van der Waals surface area contributed by atoms with Crippen molar-refractivity contribution in [1.29, 1.82) is 0 Å². The number of anilines is 1. The van der Waals surface area contributed by atoms with Crippen LogP contribution in [0.5, 0.6) is 0 Å². The van der Waals surface area contributed by atoms with Crippen LogP contribution in [0.2, 0.25) is 0 Å². The van der Waals surface area contributed by atoms with Crippen LogP contribution in [0.3, 0.4) is 0 Å². The largest absolute Gasteiger partial charge is 0.381 e. The van der Waals surface area contributed by atoms with Gasteiger partial charge in [-0.25, -0.2) is 4.68 Å². The molecule has 8 heteroatoms. The van der Waals surface area contributed by atoms with Crippen LogP contribution < -0.4 is 5.32 Å². The number of hydrogen-bond acceptors (Lipinski definition) is 6. The van der Waals surface area contributed by atoms with E-state index in [1.807, 2.05) is 11.8 Å². The van der Waals surface area contributed by atoms with Crippen LogP contribution in [-0.4, -0.2) is 45.0 Å². The smallest absolute Gasteiger partial charge is 0.333 e. The Morgan fingerprint density at radius 2 is 2.19 bits per heavy atom. The zero-order chi connectivity index (χ0) is 15.5. The molecule has 0 spiro atoms. The van der Waals surface area contributed by atoms with Crippen molar-refractivity contribution in [3.05, 3.63) is 15.8 Å². The number of nitrogens with zero attached hydrogens (tertiary/aromatic N) is 3. The maximum Gasteiger partial charge on any atom is 0.333 e. The summed E-state index contributed by atoms with van der Waals surface area (Å²) in [5, 5.41) is 18.6. The third-order valence-corrected chi connectivity index (χ3v) is 5.26. The highest BCUT2D eigenvalue weighted by Crippen LogP contribution is 2.37. The van der Waals surface area contributed by atoms with Crippen molar-refractivity contribution in [3.63, 3.8) is 0 Å². The minimum absolute atomic E-state index is 0.0706. The molecule has 1 N–H and O–H groups in total. The molecule has 118 valence electrons. The molecule has 0 aliphatic carbocycles. The van der Waals surface area contributed by atoms with Gasteiger partial charge in [0.25, 0.3) is 0 Å². The quantitative estimate of drug-likeness (QED) is 0.641. The van der Waals surface area contributed by atoms with Crippen LogP contribution in [0.4, 0.5) is 11.5 Å². The second-order valence-corrected chi connectivity index (χ2v) is 6.98. The van der Waals surface area contributed by atoms with E-state index in [4.69, 9.17) is 4.74 Å². The molecule has 1 aromatic rings. The van der Waals surface area contributed by atoms with E-state index in [1.54, 1.807) is 18.7 Å². The number of aromatic nitrogens is 2. The van der Waals surface area contributed by atoms with Crippen molar-refractivity contribution < 1.29 is 9.66 Å². The highest BCUT2D eigenvalue weighted by atomic mass is 32.2. The van der Waals surface area contributed by atoms with E-state index >= 15 is 0 Å². The van der Waals surface area contributed by atoms with Crippen molar-refractivity contribution in [2.24, 2.45) is 7.05 Å². The Kier molecular flexibility index (Phi) is 5.10. The van der Waals surface area contributed by atoms with Gasteiger partial charge in [0, 0.05) is 31.6 Å². The summed E-state index contributed by atoms with van der Waals surface area (Å²) in [6.45, 7) is 5.99. The Balaban J connectivity index is 2.16. The molecule has 0 atom stereocenters. The molecule has 0 aromatic carbocycles. The normalized spacial score (nSPS) is 17.7. The molecule has 0 radical (unpaired) electrons. The van der Waals surface area contributed by atoms with E-state index in [1.165, 1.54) is 0 Å². The van der Waals surface area contributed by atoms with Gasteiger partial charge in [-0.15, -0.1) is 0 Å². The lowest BCUT2D eigenvalue weighted by molar-refractivity contribution is -0.384. The van der Waals surface area contributed by atoms with Gasteiger partial charge in [0.15, 0.2) is 0 Å². The molecule has 0 bridgehead atoms. The lowest BCUT2D eigenvalue weighted by Crippen LogP contribution is -2.40. The first-order chi connectivity index (χ1) is 9.99. The minimum Gasteiger partial charge on any atom is -0.381 e. The highest BCUT2D eigenvalue weighted by Gasteiger charge is 2.34. The zero-order valence-corrected chi connectivity index (χ0v) is 13.5. The van der Waals surface area contributed by atoms with Crippen molar-refractivity contribution >= 4 is 23.3 Å². The van der Waals surface area contributed by atoms with Crippen LogP contribution in [0.1, 0.15) is 25.5 Å².